The maximum Gasteiger partial charge on any atom is 0.446 e. The summed E-state index contributed by atoms with van der Waals surface area (Å²) in [6.45, 7) is 0.153. The predicted molar refractivity (Wildman–Crippen MR) is 90.9 cm³/mol. The van der Waals surface area contributed by atoms with Gasteiger partial charge in [0.05, 0.1) is 5.56 Å². The molecule has 0 aliphatic carbocycles. The molecule has 1 amide bonds. The number of amides is 1. The lowest BCUT2D eigenvalue weighted by Gasteiger charge is -2.11. The molecule has 0 radical (unpaired) electrons. The van der Waals surface area contributed by atoms with Gasteiger partial charge in [-0.15, -0.1) is 0 Å². The zero-order chi connectivity index (χ0) is 18.6. The minimum atomic E-state index is -4.46. The van der Waals surface area contributed by atoms with Crippen LogP contribution in [0.1, 0.15) is 15.9 Å². The van der Waals surface area contributed by atoms with Crippen LogP contribution in [0.3, 0.4) is 0 Å². The van der Waals surface area contributed by atoms with Crippen LogP contribution in [-0.4, -0.2) is 26.2 Å². The van der Waals surface area contributed by atoms with Gasteiger partial charge < -0.3 is 5.32 Å². The predicted octanol–water partition coefficient (Wildman–Crippen LogP) is 3.81. The third-order valence-corrected chi connectivity index (χ3v) is 4.17. The van der Waals surface area contributed by atoms with E-state index in [4.69, 9.17) is 0 Å². The zero-order valence-corrected chi connectivity index (χ0v) is 14.1. The number of hydrogen-bond acceptors (Lipinski definition) is 4. The molecular weight excluding hydrogens is 365 g/mol. The number of pyridine rings is 1. The Bertz CT molecular complexity index is 897. The third-order valence-electron chi connectivity index (χ3n) is 3.36. The maximum atomic E-state index is 12.6. The first-order valence-electron chi connectivity index (χ1n) is 7.50. The van der Waals surface area contributed by atoms with E-state index in [1.165, 1.54) is 24.3 Å². The van der Waals surface area contributed by atoms with Crippen molar-refractivity contribution in [2.45, 2.75) is 16.9 Å². The molecule has 2 heterocycles. The average molecular weight is 378 g/mol. The van der Waals surface area contributed by atoms with E-state index < -0.39 is 11.4 Å². The second-order valence-electron chi connectivity index (χ2n) is 5.20. The molecule has 9 heteroatoms. The third kappa shape index (κ3) is 4.63. The zero-order valence-electron chi connectivity index (χ0n) is 13.3. The smallest absolute Gasteiger partial charge is 0.348 e. The molecule has 0 aliphatic rings. The van der Waals surface area contributed by atoms with Gasteiger partial charge in [0, 0.05) is 30.0 Å². The van der Waals surface area contributed by atoms with Gasteiger partial charge in [-0.3, -0.25) is 4.79 Å². The quantitative estimate of drug-likeness (QED) is 0.686. The molecule has 2 aromatic heterocycles. The highest BCUT2D eigenvalue weighted by molar-refractivity contribution is 8.00. The average Bonchev–Trinajstić information content (AvgIpc) is 3.14. The van der Waals surface area contributed by atoms with Crippen LogP contribution in [0, 0.1) is 0 Å². The van der Waals surface area contributed by atoms with E-state index in [1.54, 1.807) is 41.5 Å². The Hall–Kier alpha value is -2.81. The lowest BCUT2D eigenvalue weighted by Crippen LogP contribution is -2.23. The summed E-state index contributed by atoms with van der Waals surface area (Å²) >= 11 is -0.304. The number of alkyl halides is 3. The molecule has 0 bridgehead atoms. The standard InChI is InChI=1S/C17H13F3N4OS/c18-17(19,20)26-14-5-2-1-4-13(14)16(25)22-11-12-6-8-21-15(10-12)24-9-3-7-23-24/h1-10H,11H2,(H,22,25). The number of carbonyl (C=O) groups is 1. The van der Waals surface area contributed by atoms with Gasteiger partial charge in [-0.2, -0.15) is 18.3 Å². The Labute approximate surface area is 151 Å². The van der Waals surface area contributed by atoms with Crippen molar-refractivity contribution in [2.75, 3.05) is 0 Å². The maximum absolute atomic E-state index is 12.6. The molecular formula is C17H13F3N4OS. The first-order chi connectivity index (χ1) is 12.4. The van der Waals surface area contributed by atoms with Crippen LogP contribution in [0.5, 0.6) is 0 Å². The van der Waals surface area contributed by atoms with Gasteiger partial charge in [-0.1, -0.05) is 12.1 Å². The van der Waals surface area contributed by atoms with Crippen LogP contribution in [0.15, 0.2) is 66.0 Å². The molecule has 0 unspecified atom stereocenters. The number of benzene rings is 1. The van der Waals surface area contributed by atoms with Crippen LogP contribution in [0.4, 0.5) is 13.2 Å². The number of nitrogens with one attached hydrogen (secondary N) is 1. The Morgan fingerprint density at radius 1 is 1.15 bits per heavy atom. The van der Waals surface area contributed by atoms with Crippen molar-refractivity contribution in [2.24, 2.45) is 0 Å². The van der Waals surface area contributed by atoms with Crippen LogP contribution in [-0.2, 0) is 6.54 Å². The number of carbonyl (C=O) groups excluding carboxylic acids is 1. The number of rotatable bonds is 5. The second kappa shape index (κ2) is 7.61. The van der Waals surface area contributed by atoms with Gasteiger partial charge in [-0.25, -0.2) is 9.67 Å². The lowest BCUT2D eigenvalue weighted by atomic mass is 10.2. The number of aromatic nitrogens is 3. The molecule has 0 fully saturated rings. The fraction of sp³-hybridized carbons (Fsp3) is 0.118. The molecule has 0 saturated carbocycles. The van der Waals surface area contributed by atoms with Crippen LogP contribution in [0.2, 0.25) is 0 Å². The summed E-state index contributed by atoms with van der Waals surface area (Å²) < 4.78 is 39.5. The Kier molecular flexibility index (Phi) is 5.27. The molecule has 0 atom stereocenters. The van der Waals surface area contributed by atoms with E-state index in [-0.39, 0.29) is 28.8 Å². The molecule has 134 valence electrons. The summed E-state index contributed by atoms with van der Waals surface area (Å²) in [7, 11) is 0. The summed E-state index contributed by atoms with van der Waals surface area (Å²) in [4.78, 5) is 16.4. The van der Waals surface area contributed by atoms with Crippen molar-refractivity contribution >= 4 is 17.7 Å². The first-order valence-corrected chi connectivity index (χ1v) is 8.32. The van der Waals surface area contributed by atoms with Crippen LogP contribution in [0.25, 0.3) is 5.82 Å². The fourth-order valence-electron chi connectivity index (χ4n) is 2.25. The highest BCUT2D eigenvalue weighted by Gasteiger charge is 2.31. The Balaban J connectivity index is 1.71. The van der Waals surface area contributed by atoms with Crippen molar-refractivity contribution in [3.05, 3.63) is 72.2 Å². The van der Waals surface area contributed by atoms with E-state index in [2.05, 4.69) is 15.4 Å². The van der Waals surface area contributed by atoms with E-state index in [0.29, 0.717) is 5.82 Å². The van der Waals surface area contributed by atoms with Gasteiger partial charge >= 0.3 is 5.51 Å². The summed E-state index contributed by atoms with van der Waals surface area (Å²) in [6, 6.07) is 10.8. The van der Waals surface area contributed by atoms with E-state index in [0.717, 1.165) is 5.56 Å². The van der Waals surface area contributed by atoms with Gasteiger partial charge in [0.2, 0.25) is 0 Å². The molecule has 5 nitrogen and oxygen atoms in total. The Morgan fingerprint density at radius 3 is 2.69 bits per heavy atom. The number of hydrogen-bond donors (Lipinski definition) is 1. The normalized spacial score (nSPS) is 11.3. The summed E-state index contributed by atoms with van der Waals surface area (Å²) in [5, 5.41) is 6.71. The lowest BCUT2D eigenvalue weighted by molar-refractivity contribution is -0.0328. The van der Waals surface area contributed by atoms with Crippen LogP contribution < -0.4 is 5.32 Å². The topological polar surface area (TPSA) is 59.8 Å². The van der Waals surface area contributed by atoms with Gasteiger partial charge in [0.1, 0.15) is 0 Å². The molecule has 0 saturated heterocycles. The summed E-state index contributed by atoms with van der Waals surface area (Å²) in [6.07, 6.45) is 4.92. The van der Waals surface area contributed by atoms with E-state index >= 15 is 0 Å². The molecule has 1 N–H and O–H groups in total. The molecule has 26 heavy (non-hydrogen) atoms. The molecule has 3 rings (SSSR count). The van der Waals surface area contributed by atoms with Crippen molar-refractivity contribution in [1.82, 2.24) is 20.1 Å². The van der Waals surface area contributed by atoms with Crippen molar-refractivity contribution in [1.29, 1.82) is 0 Å². The summed E-state index contributed by atoms with van der Waals surface area (Å²) in [5.41, 5.74) is -3.73. The second-order valence-corrected chi connectivity index (χ2v) is 6.31. The van der Waals surface area contributed by atoms with Gasteiger partial charge in [0.25, 0.3) is 5.91 Å². The highest BCUT2D eigenvalue weighted by atomic mass is 32.2. The van der Waals surface area contributed by atoms with E-state index in [1.807, 2.05) is 0 Å². The van der Waals surface area contributed by atoms with Gasteiger partial charge in [0.15, 0.2) is 5.82 Å². The van der Waals surface area contributed by atoms with E-state index in [9.17, 15) is 18.0 Å². The molecule has 3 aromatic rings. The molecule has 1 aromatic carbocycles. The fourth-order valence-corrected chi connectivity index (χ4v) is 2.91. The molecule has 0 aliphatic heterocycles. The molecule has 0 spiro atoms. The van der Waals surface area contributed by atoms with Crippen molar-refractivity contribution < 1.29 is 18.0 Å². The summed E-state index contributed by atoms with van der Waals surface area (Å²) in [5.74, 6) is 0.00424. The first kappa shape index (κ1) is 18.0. The monoisotopic (exact) mass is 378 g/mol. The van der Waals surface area contributed by atoms with Gasteiger partial charge in [-0.05, 0) is 47.7 Å². The number of nitrogens with zero attached hydrogens (tertiary/aromatic N) is 3. The number of halogens is 3. The minimum Gasteiger partial charge on any atom is -0.348 e. The minimum absolute atomic E-state index is 0.0174. The number of thioether (sulfide) groups is 1. The van der Waals surface area contributed by atoms with Crippen LogP contribution >= 0.6 is 11.8 Å². The van der Waals surface area contributed by atoms with Crippen molar-refractivity contribution in [3.63, 3.8) is 0 Å². The Morgan fingerprint density at radius 2 is 1.96 bits per heavy atom. The largest absolute Gasteiger partial charge is 0.446 e. The highest BCUT2D eigenvalue weighted by Crippen LogP contribution is 2.38. The van der Waals surface area contributed by atoms with Crippen molar-refractivity contribution in [3.8, 4) is 5.82 Å². The SMILES string of the molecule is O=C(NCc1ccnc(-n2cccn2)c1)c1ccccc1SC(F)(F)F.